The summed E-state index contributed by atoms with van der Waals surface area (Å²) in [4.78, 5) is 2.60. The third-order valence-corrected chi connectivity index (χ3v) is 5.26. The van der Waals surface area contributed by atoms with Gasteiger partial charge in [0.25, 0.3) is 0 Å². The molecule has 0 saturated carbocycles. The Balaban J connectivity index is 1.60. The maximum atomic E-state index is 3.72. The number of benzene rings is 1. The molecule has 0 spiro atoms. The highest BCUT2D eigenvalue weighted by molar-refractivity contribution is 7.99. The molecule has 0 aliphatic carbocycles. The summed E-state index contributed by atoms with van der Waals surface area (Å²) in [6.07, 6.45) is 5.97. The van der Waals surface area contributed by atoms with Gasteiger partial charge in [0.05, 0.1) is 0 Å². The van der Waals surface area contributed by atoms with Gasteiger partial charge in [-0.25, -0.2) is 0 Å². The quantitative estimate of drug-likeness (QED) is 0.793. The summed E-state index contributed by atoms with van der Waals surface area (Å²) in [5.74, 6) is 0. The van der Waals surface area contributed by atoms with Crippen LogP contribution in [-0.2, 0) is 6.42 Å². The lowest BCUT2D eigenvalue weighted by atomic mass is 10.1. The van der Waals surface area contributed by atoms with Crippen molar-refractivity contribution in [2.45, 2.75) is 37.5 Å². The summed E-state index contributed by atoms with van der Waals surface area (Å²) in [7, 11) is 0. The molecular weight excluding hydrogens is 264 g/mol. The Morgan fingerprint density at radius 3 is 2.90 bits per heavy atom. The number of nitrogens with zero attached hydrogens (tertiary/aromatic N) is 1. The SMILES string of the molecule is CSC(C)CCNC1CCN(CCc2ccccc2)C1. The van der Waals surface area contributed by atoms with Crippen LogP contribution in [-0.4, -0.2) is 48.6 Å². The molecule has 1 fully saturated rings. The molecule has 2 rings (SSSR count). The van der Waals surface area contributed by atoms with E-state index in [0.29, 0.717) is 6.04 Å². The van der Waals surface area contributed by atoms with Crippen molar-refractivity contribution in [1.82, 2.24) is 10.2 Å². The molecule has 0 amide bonds. The highest BCUT2D eigenvalue weighted by atomic mass is 32.2. The zero-order chi connectivity index (χ0) is 14.2. The standard InChI is InChI=1S/C17H28N2S/c1-15(20-2)8-11-18-17-10-13-19(14-17)12-9-16-6-4-3-5-7-16/h3-7,15,17-18H,8-14H2,1-2H3. The Hall–Kier alpha value is -0.510. The van der Waals surface area contributed by atoms with E-state index < -0.39 is 0 Å². The van der Waals surface area contributed by atoms with Crippen molar-refractivity contribution in [3.8, 4) is 0 Å². The lowest BCUT2D eigenvalue weighted by Gasteiger charge is -2.17. The van der Waals surface area contributed by atoms with E-state index in [1.165, 1.54) is 51.0 Å². The minimum absolute atomic E-state index is 0.708. The first-order valence-electron chi connectivity index (χ1n) is 7.80. The van der Waals surface area contributed by atoms with E-state index in [1.807, 2.05) is 11.8 Å². The van der Waals surface area contributed by atoms with Crippen molar-refractivity contribution in [2.75, 3.05) is 32.4 Å². The van der Waals surface area contributed by atoms with Crippen molar-refractivity contribution in [3.05, 3.63) is 35.9 Å². The van der Waals surface area contributed by atoms with Gasteiger partial charge in [-0.3, -0.25) is 0 Å². The van der Waals surface area contributed by atoms with E-state index >= 15 is 0 Å². The lowest BCUT2D eigenvalue weighted by molar-refractivity contribution is 0.331. The van der Waals surface area contributed by atoms with Crippen molar-refractivity contribution < 1.29 is 0 Å². The molecule has 0 radical (unpaired) electrons. The maximum absolute atomic E-state index is 3.72. The van der Waals surface area contributed by atoms with Crippen LogP contribution in [0.3, 0.4) is 0 Å². The fourth-order valence-electron chi connectivity index (χ4n) is 2.74. The third kappa shape index (κ3) is 5.47. The molecule has 3 heteroatoms. The van der Waals surface area contributed by atoms with E-state index in [4.69, 9.17) is 0 Å². The van der Waals surface area contributed by atoms with Crippen LogP contribution < -0.4 is 5.32 Å². The molecule has 0 aromatic heterocycles. The molecule has 20 heavy (non-hydrogen) atoms. The number of hydrogen-bond acceptors (Lipinski definition) is 3. The molecule has 1 aromatic carbocycles. The monoisotopic (exact) mass is 292 g/mol. The fraction of sp³-hybridized carbons (Fsp3) is 0.647. The van der Waals surface area contributed by atoms with Crippen LogP contribution in [0.5, 0.6) is 0 Å². The number of nitrogens with one attached hydrogen (secondary N) is 1. The van der Waals surface area contributed by atoms with Crippen LogP contribution in [0, 0.1) is 0 Å². The summed E-state index contributed by atoms with van der Waals surface area (Å²) in [6, 6.07) is 11.5. The third-order valence-electron chi connectivity index (χ3n) is 4.22. The van der Waals surface area contributed by atoms with E-state index in [9.17, 15) is 0 Å². The first-order valence-corrected chi connectivity index (χ1v) is 9.09. The van der Waals surface area contributed by atoms with Gasteiger partial charge in [-0.05, 0) is 44.2 Å². The van der Waals surface area contributed by atoms with Gasteiger partial charge < -0.3 is 10.2 Å². The highest BCUT2D eigenvalue weighted by Gasteiger charge is 2.21. The van der Waals surface area contributed by atoms with Crippen LogP contribution in [0.2, 0.25) is 0 Å². The summed E-state index contributed by atoms with van der Waals surface area (Å²) in [6.45, 7) is 7.15. The Bertz CT molecular complexity index is 369. The molecule has 2 unspecified atom stereocenters. The Morgan fingerprint density at radius 1 is 1.35 bits per heavy atom. The minimum Gasteiger partial charge on any atom is -0.313 e. The molecule has 1 N–H and O–H groups in total. The zero-order valence-corrected chi connectivity index (χ0v) is 13.7. The van der Waals surface area contributed by atoms with Crippen molar-refractivity contribution in [3.63, 3.8) is 0 Å². The molecule has 1 aliphatic rings. The van der Waals surface area contributed by atoms with E-state index in [1.54, 1.807) is 0 Å². The second-order valence-electron chi connectivity index (χ2n) is 5.81. The van der Waals surface area contributed by atoms with Crippen LogP contribution in [0.15, 0.2) is 30.3 Å². The van der Waals surface area contributed by atoms with Gasteiger partial charge in [0.2, 0.25) is 0 Å². The van der Waals surface area contributed by atoms with Gasteiger partial charge in [0.15, 0.2) is 0 Å². The maximum Gasteiger partial charge on any atom is 0.0207 e. The minimum atomic E-state index is 0.708. The smallest absolute Gasteiger partial charge is 0.0207 e. The second-order valence-corrected chi connectivity index (χ2v) is 7.09. The molecular formula is C17H28N2S. The summed E-state index contributed by atoms with van der Waals surface area (Å²) in [5.41, 5.74) is 1.46. The fourth-order valence-corrected chi connectivity index (χ4v) is 3.10. The predicted molar refractivity (Wildman–Crippen MR) is 90.6 cm³/mol. The lowest BCUT2D eigenvalue weighted by Crippen LogP contribution is -2.34. The zero-order valence-electron chi connectivity index (χ0n) is 12.8. The second kappa shape index (κ2) is 8.71. The summed E-state index contributed by atoms with van der Waals surface area (Å²) >= 11 is 1.96. The van der Waals surface area contributed by atoms with Gasteiger partial charge in [0.1, 0.15) is 0 Å². The van der Waals surface area contributed by atoms with Gasteiger partial charge in [-0.15, -0.1) is 0 Å². The van der Waals surface area contributed by atoms with Crippen LogP contribution in [0.1, 0.15) is 25.3 Å². The first kappa shape index (κ1) is 15.9. The number of likely N-dealkylation sites (tertiary alicyclic amines) is 1. The highest BCUT2D eigenvalue weighted by Crippen LogP contribution is 2.12. The Labute approximate surface area is 128 Å². The van der Waals surface area contributed by atoms with E-state index in [-0.39, 0.29) is 0 Å². The van der Waals surface area contributed by atoms with E-state index in [0.717, 1.165) is 5.25 Å². The number of thioether (sulfide) groups is 1. The van der Waals surface area contributed by atoms with Gasteiger partial charge in [-0.2, -0.15) is 11.8 Å². The van der Waals surface area contributed by atoms with Crippen LogP contribution in [0.25, 0.3) is 0 Å². The van der Waals surface area contributed by atoms with Gasteiger partial charge in [0, 0.05) is 24.4 Å². The molecule has 0 bridgehead atoms. The largest absolute Gasteiger partial charge is 0.313 e. The van der Waals surface area contributed by atoms with Crippen molar-refractivity contribution in [1.29, 1.82) is 0 Å². The average molecular weight is 292 g/mol. The number of rotatable bonds is 8. The predicted octanol–water partition coefficient (Wildman–Crippen LogP) is 3.03. The molecule has 1 saturated heterocycles. The van der Waals surface area contributed by atoms with Crippen LogP contribution >= 0.6 is 11.8 Å². The van der Waals surface area contributed by atoms with E-state index in [2.05, 4.69) is 53.7 Å². The van der Waals surface area contributed by atoms with Crippen molar-refractivity contribution >= 4 is 11.8 Å². The molecule has 1 aliphatic heterocycles. The molecule has 2 atom stereocenters. The normalized spacial score (nSPS) is 21.2. The average Bonchev–Trinajstić information content (AvgIpc) is 2.94. The topological polar surface area (TPSA) is 15.3 Å². The first-order chi connectivity index (χ1) is 9.78. The van der Waals surface area contributed by atoms with Gasteiger partial charge in [-0.1, -0.05) is 37.3 Å². The Kier molecular flexibility index (Phi) is 6.91. The van der Waals surface area contributed by atoms with Gasteiger partial charge >= 0.3 is 0 Å². The molecule has 112 valence electrons. The summed E-state index contributed by atoms with van der Waals surface area (Å²) < 4.78 is 0. The molecule has 2 nitrogen and oxygen atoms in total. The van der Waals surface area contributed by atoms with Crippen molar-refractivity contribution in [2.24, 2.45) is 0 Å². The molecule has 1 heterocycles. The van der Waals surface area contributed by atoms with Crippen LogP contribution in [0.4, 0.5) is 0 Å². The summed E-state index contributed by atoms with van der Waals surface area (Å²) in [5, 5.41) is 4.50. The number of hydrogen-bond donors (Lipinski definition) is 1. The molecule has 1 aromatic rings. The Morgan fingerprint density at radius 2 is 2.15 bits per heavy atom.